The van der Waals surface area contributed by atoms with Crippen LogP contribution in [0, 0.1) is 0 Å². The molecule has 100 valence electrons. The van der Waals surface area contributed by atoms with E-state index in [-0.39, 0.29) is 5.60 Å². The van der Waals surface area contributed by atoms with Crippen LogP contribution >= 0.6 is 0 Å². The molecule has 1 fully saturated rings. The molecule has 4 nitrogen and oxygen atoms in total. The lowest BCUT2D eigenvalue weighted by atomic mass is 10.0. The average Bonchev–Trinajstić information content (AvgIpc) is 2.89. The summed E-state index contributed by atoms with van der Waals surface area (Å²) in [4.78, 5) is 0. The predicted octanol–water partition coefficient (Wildman–Crippen LogP) is 1.12. The molecule has 0 spiro atoms. The van der Waals surface area contributed by atoms with Gasteiger partial charge < -0.3 is 19.9 Å². The molecule has 1 heterocycles. The zero-order valence-electron chi connectivity index (χ0n) is 10.8. The van der Waals surface area contributed by atoms with Crippen LogP contribution in [-0.4, -0.2) is 44.1 Å². The van der Waals surface area contributed by atoms with Crippen molar-refractivity contribution in [1.29, 1.82) is 0 Å². The molecule has 2 rings (SSSR count). The van der Waals surface area contributed by atoms with Gasteiger partial charge in [0.1, 0.15) is 5.60 Å². The van der Waals surface area contributed by atoms with Gasteiger partial charge in [0.05, 0.1) is 12.7 Å². The Morgan fingerprint density at radius 1 is 1.44 bits per heavy atom. The fourth-order valence-corrected chi connectivity index (χ4v) is 2.19. The molecule has 1 aliphatic heterocycles. The van der Waals surface area contributed by atoms with Crippen LogP contribution in [0.15, 0.2) is 30.3 Å². The molecular weight excluding hydrogens is 230 g/mol. The molecule has 0 bridgehead atoms. The summed E-state index contributed by atoms with van der Waals surface area (Å²) in [6.07, 6.45) is 0.417. The van der Waals surface area contributed by atoms with Gasteiger partial charge in [-0.05, 0) is 5.56 Å². The molecule has 4 heteroatoms. The molecule has 0 aliphatic carbocycles. The number of hydrogen-bond donors (Lipinski definition) is 2. The first-order chi connectivity index (χ1) is 8.76. The molecule has 1 aliphatic rings. The van der Waals surface area contributed by atoms with Crippen LogP contribution in [0.2, 0.25) is 0 Å². The first-order valence-corrected chi connectivity index (χ1v) is 6.32. The summed E-state index contributed by atoms with van der Waals surface area (Å²) in [5, 5.41) is 13.3. The van der Waals surface area contributed by atoms with Crippen molar-refractivity contribution in [2.75, 3.05) is 33.4 Å². The van der Waals surface area contributed by atoms with Crippen LogP contribution in [0.3, 0.4) is 0 Å². The SMILES string of the molecule is COC1(CNCC(O)c2ccccc2)CCOC1. The maximum atomic E-state index is 10.0. The van der Waals surface area contributed by atoms with E-state index in [0.29, 0.717) is 19.7 Å². The van der Waals surface area contributed by atoms with Gasteiger partial charge in [0.25, 0.3) is 0 Å². The third-order valence-electron chi connectivity index (χ3n) is 3.47. The molecule has 0 saturated carbocycles. The summed E-state index contributed by atoms with van der Waals surface area (Å²) >= 11 is 0. The number of methoxy groups -OCH3 is 1. The number of ether oxygens (including phenoxy) is 2. The Labute approximate surface area is 108 Å². The smallest absolute Gasteiger partial charge is 0.106 e. The van der Waals surface area contributed by atoms with E-state index < -0.39 is 6.10 Å². The van der Waals surface area contributed by atoms with Crippen molar-refractivity contribution < 1.29 is 14.6 Å². The van der Waals surface area contributed by atoms with Gasteiger partial charge >= 0.3 is 0 Å². The topological polar surface area (TPSA) is 50.7 Å². The van der Waals surface area contributed by atoms with E-state index in [4.69, 9.17) is 9.47 Å². The molecule has 0 aromatic heterocycles. The quantitative estimate of drug-likeness (QED) is 0.795. The first kappa shape index (κ1) is 13.5. The second-order valence-electron chi connectivity index (χ2n) is 4.75. The highest BCUT2D eigenvalue weighted by atomic mass is 16.5. The zero-order chi connectivity index (χ0) is 12.8. The Morgan fingerprint density at radius 2 is 2.22 bits per heavy atom. The third kappa shape index (κ3) is 3.29. The monoisotopic (exact) mass is 251 g/mol. The zero-order valence-corrected chi connectivity index (χ0v) is 10.8. The van der Waals surface area contributed by atoms with Gasteiger partial charge in [-0.3, -0.25) is 0 Å². The number of rotatable bonds is 6. The van der Waals surface area contributed by atoms with Gasteiger partial charge in [-0.1, -0.05) is 30.3 Å². The molecule has 1 aromatic rings. The summed E-state index contributed by atoms with van der Waals surface area (Å²) in [6.45, 7) is 2.59. The van der Waals surface area contributed by atoms with Crippen LogP contribution < -0.4 is 5.32 Å². The maximum Gasteiger partial charge on any atom is 0.106 e. The van der Waals surface area contributed by atoms with E-state index in [1.807, 2.05) is 30.3 Å². The average molecular weight is 251 g/mol. The van der Waals surface area contributed by atoms with Gasteiger partial charge in [0.15, 0.2) is 0 Å². The van der Waals surface area contributed by atoms with Gasteiger partial charge in [0, 0.05) is 33.2 Å². The Morgan fingerprint density at radius 3 is 2.83 bits per heavy atom. The van der Waals surface area contributed by atoms with Crippen molar-refractivity contribution >= 4 is 0 Å². The number of hydrogen-bond acceptors (Lipinski definition) is 4. The van der Waals surface area contributed by atoms with Crippen molar-refractivity contribution in [3.8, 4) is 0 Å². The molecule has 1 saturated heterocycles. The summed E-state index contributed by atoms with van der Waals surface area (Å²) in [5.74, 6) is 0. The minimum atomic E-state index is -0.484. The van der Waals surface area contributed by atoms with Crippen molar-refractivity contribution in [1.82, 2.24) is 5.32 Å². The molecule has 2 atom stereocenters. The van der Waals surface area contributed by atoms with E-state index in [0.717, 1.165) is 18.6 Å². The minimum absolute atomic E-state index is 0.226. The highest BCUT2D eigenvalue weighted by molar-refractivity contribution is 5.17. The number of aliphatic hydroxyl groups excluding tert-OH is 1. The second-order valence-corrected chi connectivity index (χ2v) is 4.75. The van der Waals surface area contributed by atoms with E-state index in [1.54, 1.807) is 7.11 Å². The lowest BCUT2D eigenvalue weighted by molar-refractivity contribution is -0.0173. The molecule has 0 amide bonds. The lowest BCUT2D eigenvalue weighted by Gasteiger charge is -2.26. The van der Waals surface area contributed by atoms with E-state index >= 15 is 0 Å². The van der Waals surface area contributed by atoms with Crippen LogP contribution in [0.25, 0.3) is 0 Å². The Kier molecular flexibility index (Phi) is 4.72. The first-order valence-electron chi connectivity index (χ1n) is 6.32. The predicted molar refractivity (Wildman–Crippen MR) is 69.4 cm³/mol. The summed E-state index contributed by atoms with van der Waals surface area (Å²) < 4.78 is 10.9. The highest BCUT2D eigenvalue weighted by Crippen LogP contribution is 2.21. The molecule has 2 unspecified atom stereocenters. The molecule has 1 aromatic carbocycles. The van der Waals surface area contributed by atoms with Crippen molar-refractivity contribution in [2.24, 2.45) is 0 Å². The fourth-order valence-electron chi connectivity index (χ4n) is 2.19. The normalized spacial score (nSPS) is 25.2. The van der Waals surface area contributed by atoms with Gasteiger partial charge in [0.2, 0.25) is 0 Å². The maximum absolute atomic E-state index is 10.0. The van der Waals surface area contributed by atoms with E-state index in [2.05, 4.69) is 5.32 Å². The van der Waals surface area contributed by atoms with Crippen molar-refractivity contribution in [3.05, 3.63) is 35.9 Å². The number of benzene rings is 1. The van der Waals surface area contributed by atoms with Crippen molar-refractivity contribution in [3.63, 3.8) is 0 Å². The van der Waals surface area contributed by atoms with Crippen molar-refractivity contribution in [2.45, 2.75) is 18.1 Å². The van der Waals surface area contributed by atoms with Crippen LogP contribution in [0.5, 0.6) is 0 Å². The van der Waals surface area contributed by atoms with Crippen LogP contribution in [0.1, 0.15) is 18.1 Å². The molecule has 0 radical (unpaired) electrons. The second kappa shape index (κ2) is 6.29. The number of nitrogens with one attached hydrogen (secondary N) is 1. The van der Waals surface area contributed by atoms with Crippen LogP contribution in [0.4, 0.5) is 0 Å². The molecule has 2 N–H and O–H groups in total. The summed E-state index contributed by atoms with van der Waals surface area (Å²) in [5.41, 5.74) is 0.704. The van der Waals surface area contributed by atoms with Gasteiger partial charge in [-0.15, -0.1) is 0 Å². The van der Waals surface area contributed by atoms with E-state index in [1.165, 1.54) is 0 Å². The lowest BCUT2D eigenvalue weighted by Crippen LogP contribution is -2.44. The molecular formula is C14H21NO3. The Balaban J connectivity index is 1.78. The third-order valence-corrected chi connectivity index (χ3v) is 3.47. The summed E-state index contributed by atoms with van der Waals surface area (Å²) in [7, 11) is 1.71. The van der Waals surface area contributed by atoms with E-state index in [9.17, 15) is 5.11 Å². The number of aliphatic hydroxyl groups is 1. The largest absolute Gasteiger partial charge is 0.387 e. The Bertz CT molecular complexity index is 349. The van der Waals surface area contributed by atoms with Gasteiger partial charge in [-0.25, -0.2) is 0 Å². The standard InChI is InChI=1S/C14H21NO3/c1-17-14(7-8-18-11-14)10-15-9-13(16)12-5-3-2-4-6-12/h2-6,13,15-16H,7-11H2,1H3. The molecule has 18 heavy (non-hydrogen) atoms. The van der Waals surface area contributed by atoms with Gasteiger partial charge in [-0.2, -0.15) is 0 Å². The van der Waals surface area contributed by atoms with Crippen LogP contribution in [-0.2, 0) is 9.47 Å². The Hall–Kier alpha value is -0.940. The minimum Gasteiger partial charge on any atom is -0.387 e. The highest BCUT2D eigenvalue weighted by Gasteiger charge is 2.34. The fraction of sp³-hybridized carbons (Fsp3) is 0.571. The summed E-state index contributed by atoms with van der Waals surface area (Å²) in [6, 6.07) is 9.66.